The molecule has 0 fully saturated rings. The van der Waals surface area contributed by atoms with Gasteiger partial charge >= 0.3 is 11.9 Å². The third kappa shape index (κ3) is 6.36. The Balaban J connectivity index is 1.80. The van der Waals surface area contributed by atoms with Crippen LogP contribution < -0.4 is 9.47 Å². The zero-order chi connectivity index (χ0) is 19.1. The smallest absolute Gasteiger partial charge is 0.329 e. The Morgan fingerprint density at radius 1 is 0.808 bits per heavy atom. The molecule has 2 rings (SSSR count). The summed E-state index contributed by atoms with van der Waals surface area (Å²) >= 11 is 12.1. The first-order valence-corrected chi connectivity index (χ1v) is 9.07. The van der Waals surface area contributed by atoms with Crippen molar-refractivity contribution < 1.29 is 19.1 Å². The fourth-order valence-electron chi connectivity index (χ4n) is 2.25. The van der Waals surface area contributed by atoms with Crippen LogP contribution in [0, 0.1) is 13.8 Å². The molecule has 0 saturated heterocycles. The predicted molar refractivity (Wildman–Crippen MR) is 102 cm³/mol. The van der Waals surface area contributed by atoms with Gasteiger partial charge in [0.25, 0.3) is 0 Å². The van der Waals surface area contributed by atoms with Gasteiger partial charge in [-0.15, -0.1) is 23.2 Å². The molecule has 2 aromatic carbocycles. The van der Waals surface area contributed by atoms with E-state index in [2.05, 4.69) is 0 Å². The summed E-state index contributed by atoms with van der Waals surface area (Å²) in [5.74, 6) is -0.287. The van der Waals surface area contributed by atoms with Gasteiger partial charge in [-0.3, -0.25) is 9.59 Å². The minimum absolute atomic E-state index is 0.198. The van der Waals surface area contributed by atoms with Crippen LogP contribution in [0.3, 0.4) is 0 Å². The number of aryl methyl sites for hydroxylation is 2. The van der Waals surface area contributed by atoms with Crippen LogP contribution in [0.15, 0.2) is 48.5 Å². The van der Waals surface area contributed by atoms with Crippen molar-refractivity contribution in [3.8, 4) is 11.5 Å². The molecule has 0 spiro atoms. The molecule has 0 N–H and O–H groups in total. The van der Waals surface area contributed by atoms with Gasteiger partial charge in [0.05, 0.1) is 0 Å². The quantitative estimate of drug-likeness (QED) is 0.384. The van der Waals surface area contributed by atoms with Gasteiger partial charge in [-0.05, 0) is 62.1 Å². The number of esters is 2. The lowest BCUT2D eigenvalue weighted by atomic mass is 10.2. The Labute approximate surface area is 163 Å². The third-order valence-corrected chi connectivity index (χ3v) is 4.39. The summed E-state index contributed by atoms with van der Waals surface area (Å²) in [6.07, 6.45) is 0.395. The van der Waals surface area contributed by atoms with Gasteiger partial charge in [0.1, 0.15) is 22.3 Å². The molecule has 0 radical (unpaired) electrons. The Hall–Kier alpha value is -2.04. The predicted octanol–water partition coefficient (Wildman–Crippen LogP) is 4.81. The maximum absolute atomic E-state index is 12.0. The van der Waals surface area contributed by atoms with E-state index in [-0.39, 0.29) is 12.8 Å². The molecule has 0 saturated carbocycles. The number of halogens is 2. The molecule has 0 aliphatic rings. The molecule has 0 heterocycles. The summed E-state index contributed by atoms with van der Waals surface area (Å²) in [5, 5.41) is -1.80. The molecule has 6 heteroatoms. The van der Waals surface area contributed by atoms with E-state index in [1.165, 1.54) is 0 Å². The van der Waals surface area contributed by atoms with E-state index in [1.807, 2.05) is 26.0 Å². The lowest BCUT2D eigenvalue weighted by Crippen LogP contribution is -2.25. The largest absolute Gasteiger partial charge is 0.425 e. The average Bonchev–Trinajstić information content (AvgIpc) is 2.59. The van der Waals surface area contributed by atoms with Crippen molar-refractivity contribution in [2.24, 2.45) is 0 Å². The Morgan fingerprint density at radius 3 is 1.54 bits per heavy atom. The van der Waals surface area contributed by atoms with Crippen molar-refractivity contribution >= 4 is 35.1 Å². The highest BCUT2D eigenvalue weighted by Crippen LogP contribution is 2.19. The van der Waals surface area contributed by atoms with Gasteiger partial charge < -0.3 is 9.47 Å². The highest BCUT2D eigenvalue weighted by Gasteiger charge is 2.23. The topological polar surface area (TPSA) is 52.6 Å². The first-order valence-electron chi connectivity index (χ1n) is 8.20. The lowest BCUT2D eigenvalue weighted by Gasteiger charge is -2.13. The van der Waals surface area contributed by atoms with Crippen LogP contribution in [0.1, 0.15) is 24.0 Å². The summed E-state index contributed by atoms with van der Waals surface area (Å²) in [7, 11) is 0. The van der Waals surface area contributed by atoms with Crippen molar-refractivity contribution in [2.45, 2.75) is 37.4 Å². The molecule has 0 bridgehead atoms. The molecule has 138 valence electrons. The standard InChI is InChI=1S/C20H20Cl2O4/c1-13-5-3-7-15(11-13)25-19(23)17(21)9-10-18(22)20(24)26-16-8-4-6-14(2)12-16/h3-8,11-12,17-18H,9-10H2,1-2H3. The molecular formula is C20H20Cl2O4. The SMILES string of the molecule is Cc1cccc(OC(=O)C(Cl)CCC(Cl)C(=O)Oc2cccc(C)c2)c1. The van der Waals surface area contributed by atoms with Crippen molar-refractivity contribution in [1.82, 2.24) is 0 Å². The first-order chi connectivity index (χ1) is 12.3. The van der Waals surface area contributed by atoms with E-state index in [0.717, 1.165) is 11.1 Å². The van der Waals surface area contributed by atoms with Crippen LogP contribution in [0.25, 0.3) is 0 Å². The highest BCUT2D eigenvalue weighted by atomic mass is 35.5. The summed E-state index contributed by atoms with van der Waals surface area (Å²) in [6, 6.07) is 14.2. The molecule has 2 atom stereocenters. The summed E-state index contributed by atoms with van der Waals surface area (Å²) in [4.78, 5) is 24.0. The third-order valence-electron chi connectivity index (χ3n) is 3.60. The zero-order valence-electron chi connectivity index (χ0n) is 14.6. The summed E-state index contributed by atoms with van der Waals surface area (Å²) < 4.78 is 10.5. The number of rotatable bonds is 7. The maximum Gasteiger partial charge on any atom is 0.329 e. The minimum Gasteiger partial charge on any atom is -0.425 e. The Morgan fingerprint density at radius 2 is 1.19 bits per heavy atom. The number of ether oxygens (including phenoxy) is 2. The van der Waals surface area contributed by atoms with Crippen LogP contribution in [0.4, 0.5) is 0 Å². The Bertz CT molecular complexity index is 710. The van der Waals surface area contributed by atoms with Crippen LogP contribution in [-0.4, -0.2) is 22.7 Å². The van der Waals surface area contributed by atoms with Crippen LogP contribution in [0.5, 0.6) is 11.5 Å². The van der Waals surface area contributed by atoms with Gasteiger partial charge in [-0.2, -0.15) is 0 Å². The molecule has 0 aliphatic heterocycles. The van der Waals surface area contributed by atoms with Crippen LogP contribution in [0.2, 0.25) is 0 Å². The van der Waals surface area contributed by atoms with Crippen molar-refractivity contribution in [2.75, 3.05) is 0 Å². The summed E-state index contributed by atoms with van der Waals surface area (Å²) in [5.41, 5.74) is 1.95. The Kier molecular flexibility index (Phi) is 7.49. The highest BCUT2D eigenvalue weighted by molar-refractivity contribution is 6.31. The van der Waals surface area contributed by atoms with E-state index in [1.54, 1.807) is 36.4 Å². The van der Waals surface area contributed by atoms with Gasteiger partial charge in [0.15, 0.2) is 0 Å². The molecule has 0 amide bonds. The fraction of sp³-hybridized carbons (Fsp3) is 0.300. The van der Waals surface area contributed by atoms with E-state index < -0.39 is 22.7 Å². The number of carbonyl (C=O) groups is 2. The number of hydrogen-bond acceptors (Lipinski definition) is 4. The second-order valence-electron chi connectivity index (χ2n) is 5.99. The molecular weight excluding hydrogens is 375 g/mol. The molecule has 4 nitrogen and oxygen atoms in total. The molecule has 2 unspecified atom stereocenters. The zero-order valence-corrected chi connectivity index (χ0v) is 16.1. The van der Waals surface area contributed by atoms with Gasteiger partial charge in [-0.1, -0.05) is 24.3 Å². The monoisotopic (exact) mass is 394 g/mol. The molecule has 0 aliphatic carbocycles. The summed E-state index contributed by atoms with van der Waals surface area (Å²) in [6.45, 7) is 3.79. The van der Waals surface area contributed by atoms with Crippen molar-refractivity contribution in [1.29, 1.82) is 0 Å². The van der Waals surface area contributed by atoms with Crippen LogP contribution >= 0.6 is 23.2 Å². The molecule has 2 aromatic rings. The average molecular weight is 395 g/mol. The first kappa shape index (κ1) is 20.3. The van der Waals surface area contributed by atoms with Gasteiger partial charge in [0, 0.05) is 0 Å². The molecule has 0 aromatic heterocycles. The van der Waals surface area contributed by atoms with Gasteiger partial charge in [-0.25, -0.2) is 0 Å². The number of hydrogen-bond donors (Lipinski definition) is 0. The van der Waals surface area contributed by atoms with E-state index in [9.17, 15) is 9.59 Å². The van der Waals surface area contributed by atoms with Crippen molar-refractivity contribution in [3.63, 3.8) is 0 Å². The van der Waals surface area contributed by atoms with E-state index >= 15 is 0 Å². The maximum atomic E-state index is 12.0. The number of alkyl halides is 2. The normalized spacial score (nSPS) is 12.9. The van der Waals surface area contributed by atoms with E-state index in [4.69, 9.17) is 32.7 Å². The fourth-order valence-corrected chi connectivity index (χ4v) is 2.59. The number of carbonyl (C=O) groups excluding carboxylic acids is 2. The lowest BCUT2D eigenvalue weighted by molar-refractivity contribution is -0.136. The second kappa shape index (κ2) is 9.60. The minimum atomic E-state index is -0.900. The van der Waals surface area contributed by atoms with E-state index in [0.29, 0.717) is 11.5 Å². The van der Waals surface area contributed by atoms with Crippen molar-refractivity contribution in [3.05, 3.63) is 59.7 Å². The van der Waals surface area contributed by atoms with Gasteiger partial charge in [0.2, 0.25) is 0 Å². The number of benzene rings is 2. The molecule has 26 heavy (non-hydrogen) atoms. The van der Waals surface area contributed by atoms with Crippen LogP contribution in [-0.2, 0) is 9.59 Å². The second-order valence-corrected chi connectivity index (χ2v) is 7.04.